The quantitative estimate of drug-likeness (QED) is 0.474. The summed E-state index contributed by atoms with van der Waals surface area (Å²) in [5, 5.41) is 43.0. The summed E-state index contributed by atoms with van der Waals surface area (Å²) in [5.41, 5.74) is 0.924. The zero-order chi connectivity index (χ0) is 14.7. The third-order valence-electron chi connectivity index (χ3n) is 2.16. The molecule has 0 aliphatic rings. The van der Waals surface area contributed by atoms with Crippen molar-refractivity contribution in [3.05, 3.63) is 29.8 Å². The predicted molar refractivity (Wildman–Crippen MR) is 69.8 cm³/mol. The maximum atomic E-state index is 8.92. The highest BCUT2D eigenvalue weighted by atomic mass is 16.5. The zero-order valence-corrected chi connectivity index (χ0v) is 10.9. The molecular weight excluding hydrogens is 252 g/mol. The summed E-state index contributed by atoms with van der Waals surface area (Å²) in [5.74, 6) is 0.368. The van der Waals surface area contributed by atoms with Crippen LogP contribution in [0.3, 0.4) is 0 Å². The van der Waals surface area contributed by atoms with Gasteiger partial charge in [-0.15, -0.1) is 0 Å². The van der Waals surface area contributed by atoms with Gasteiger partial charge in [-0.2, -0.15) is 0 Å². The van der Waals surface area contributed by atoms with Gasteiger partial charge in [0.25, 0.3) is 0 Å². The van der Waals surface area contributed by atoms with Gasteiger partial charge in [0, 0.05) is 0 Å². The fourth-order valence-corrected chi connectivity index (χ4v) is 1.01. The van der Waals surface area contributed by atoms with Crippen LogP contribution in [0.4, 0.5) is 0 Å². The lowest BCUT2D eigenvalue weighted by Crippen LogP contribution is -2.25. The number of aliphatic hydroxyl groups excluding tert-OH is 4. The molecule has 0 bridgehead atoms. The Hall–Kier alpha value is -1.18. The molecule has 2 atom stereocenters. The van der Waals surface area contributed by atoms with Crippen molar-refractivity contribution in [1.82, 2.24) is 0 Å². The van der Waals surface area contributed by atoms with Gasteiger partial charge in [-0.05, 0) is 18.6 Å². The minimum atomic E-state index is -0.916. The van der Waals surface area contributed by atoms with Gasteiger partial charge in [0.1, 0.15) is 18.0 Å². The maximum Gasteiger partial charge on any atom is 0.118 e. The molecule has 0 aromatic heterocycles. The SMILES string of the molecule is Cc1ccccc1O.OCC(O)COCC(O)CO. The highest BCUT2D eigenvalue weighted by molar-refractivity contribution is 5.29. The van der Waals surface area contributed by atoms with Gasteiger partial charge in [-0.3, -0.25) is 0 Å². The average Bonchev–Trinajstić information content (AvgIpc) is 2.42. The van der Waals surface area contributed by atoms with E-state index in [0.717, 1.165) is 5.56 Å². The predicted octanol–water partition coefficient (Wildman–Crippen LogP) is -0.590. The van der Waals surface area contributed by atoms with Gasteiger partial charge >= 0.3 is 0 Å². The minimum Gasteiger partial charge on any atom is -0.508 e. The third kappa shape index (κ3) is 9.40. The number of aliphatic hydroxyl groups is 4. The summed E-state index contributed by atoms with van der Waals surface area (Å²) >= 11 is 0. The van der Waals surface area contributed by atoms with Crippen LogP contribution in [0.1, 0.15) is 5.56 Å². The Morgan fingerprint density at radius 2 is 1.47 bits per heavy atom. The molecule has 1 rings (SSSR count). The van der Waals surface area contributed by atoms with Crippen molar-refractivity contribution in [2.24, 2.45) is 0 Å². The molecule has 0 fully saturated rings. The number of aryl methyl sites for hydroxylation is 1. The molecule has 2 unspecified atom stereocenters. The van der Waals surface area contributed by atoms with Crippen LogP contribution in [0.25, 0.3) is 0 Å². The Kier molecular flexibility index (Phi) is 10.1. The summed E-state index contributed by atoms with van der Waals surface area (Å²) in [6.45, 7) is 1.07. The Morgan fingerprint density at radius 3 is 1.79 bits per heavy atom. The molecule has 0 radical (unpaired) electrons. The van der Waals surface area contributed by atoms with E-state index in [1.165, 1.54) is 0 Å². The van der Waals surface area contributed by atoms with Crippen molar-refractivity contribution in [2.45, 2.75) is 19.1 Å². The Labute approximate surface area is 112 Å². The van der Waals surface area contributed by atoms with E-state index >= 15 is 0 Å². The highest BCUT2D eigenvalue weighted by Gasteiger charge is 2.04. The van der Waals surface area contributed by atoms with Crippen molar-refractivity contribution < 1.29 is 30.3 Å². The first-order valence-electron chi connectivity index (χ1n) is 5.91. The Balaban J connectivity index is 0.000000356. The van der Waals surface area contributed by atoms with Crippen LogP contribution in [0, 0.1) is 6.92 Å². The van der Waals surface area contributed by atoms with E-state index in [1.807, 2.05) is 25.1 Å². The second-order valence-electron chi connectivity index (χ2n) is 4.00. The van der Waals surface area contributed by atoms with Gasteiger partial charge in [0.05, 0.1) is 26.4 Å². The van der Waals surface area contributed by atoms with Gasteiger partial charge in [0.15, 0.2) is 0 Å². The van der Waals surface area contributed by atoms with E-state index in [-0.39, 0.29) is 26.4 Å². The standard InChI is InChI=1S/C7H8O.C6H14O5/c1-6-4-2-3-5-7(6)8;7-1-5(9)3-11-4-6(10)2-8/h2-5,8H,1H3;5-10H,1-4H2. The number of hydrogen-bond donors (Lipinski definition) is 5. The van der Waals surface area contributed by atoms with Crippen LogP contribution in [0.5, 0.6) is 5.75 Å². The molecule has 19 heavy (non-hydrogen) atoms. The first-order valence-corrected chi connectivity index (χ1v) is 5.91. The smallest absolute Gasteiger partial charge is 0.118 e. The molecule has 1 aromatic carbocycles. The number of aromatic hydroxyl groups is 1. The molecule has 0 amide bonds. The van der Waals surface area contributed by atoms with Crippen LogP contribution in [0.2, 0.25) is 0 Å². The summed E-state index contributed by atoms with van der Waals surface area (Å²) in [7, 11) is 0. The molecule has 0 aliphatic carbocycles. The fraction of sp³-hybridized carbons (Fsp3) is 0.538. The monoisotopic (exact) mass is 274 g/mol. The molecule has 1 aromatic rings. The van der Waals surface area contributed by atoms with Gasteiger partial charge in [-0.25, -0.2) is 0 Å². The van der Waals surface area contributed by atoms with Crippen LogP contribution in [0.15, 0.2) is 24.3 Å². The molecule has 0 aliphatic heterocycles. The minimum absolute atomic E-state index is 0.0342. The van der Waals surface area contributed by atoms with Crippen LogP contribution < -0.4 is 0 Å². The number of ether oxygens (including phenoxy) is 1. The summed E-state index contributed by atoms with van der Waals surface area (Å²) in [6.07, 6.45) is -1.83. The molecule has 0 heterocycles. The molecular formula is C13H22O6. The van der Waals surface area contributed by atoms with Crippen molar-refractivity contribution in [2.75, 3.05) is 26.4 Å². The lowest BCUT2D eigenvalue weighted by Gasteiger charge is -2.10. The molecule has 0 spiro atoms. The highest BCUT2D eigenvalue weighted by Crippen LogP contribution is 2.12. The average molecular weight is 274 g/mol. The molecule has 0 saturated carbocycles. The third-order valence-corrected chi connectivity index (χ3v) is 2.16. The number of benzene rings is 1. The van der Waals surface area contributed by atoms with Crippen LogP contribution >= 0.6 is 0 Å². The largest absolute Gasteiger partial charge is 0.508 e. The van der Waals surface area contributed by atoms with Crippen molar-refractivity contribution in [1.29, 1.82) is 0 Å². The van der Waals surface area contributed by atoms with Gasteiger partial charge in [0.2, 0.25) is 0 Å². The van der Waals surface area contributed by atoms with Gasteiger partial charge in [-0.1, -0.05) is 18.2 Å². The molecule has 5 N–H and O–H groups in total. The zero-order valence-electron chi connectivity index (χ0n) is 10.9. The molecule has 0 saturated heterocycles. The van der Waals surface area contributed by atoms with Crippen molar-refractivity contribution in [3.63, 3.8) is 0 Å². The number of rotatable bonds is 6. The number of hydrogen-bond acceptors (Lipinski definition) is 6. The first-order chi connectivity index (χ1) is 9.01. The molecule has 6 heteroatoms. The van der Waals surface area contributed by atoms with Crippen LogP contribution in [-0.4, -0.2) is 64.2 Å². The van der Waals surface area contributed by atoms with E-state index in [4.69, 9.17) is 30.3 Å². The number of phenolic OH excluding ortho intramolecular Hbond substituents is 1. The fourth-order valence-electron chi connectivity index (χ4n) is 1.01. The maximum absolute atomic E-state index is 8.92. The summed E-state index contributed by atoms with van der Waals surface area (Å²) < 4.78 is 4.72. The van der Waals surface area contributed by atoms with Crippen molar-refractivity contribution >= 4 is 0 Å². The first kappa shape index (κ1) is 17.8. The second-order valence-corrected chi connectivity index (χ2v) is 4.00. The van der Waals surface area contributed by atoms with Crippen molar-refractivity contribution in [3.8, 4) is 5.75 Å². The normalized spacial score (nSPS) is 13.3. The van der Waals surface area contributed by atoms with E-state index in [0.29, 0.717) is 5.75 Å². The van der Waals surface area contributed by atoms with E-state index in [1.54, 1.807) is 6.07 Å². The van der Waals surface area contributed by atoms with E-state index in [2.05, 4.69) is 0 Å². The van der Waals surface area contributed by atoms with Gasteiger partial charge < -0.3 is 30.3 Å². The molecule has 110 valence electrons. The molecule has 6 nitrogen and oxygen atoms in total. The number of para-hydroxylation sites is 1. The Morgan fingerprint density at radius 1 is 1.00 bits per heavy atom. The second kappa shape index (κ2) is 10.7. The van der Waals surface area contributed by atoms with E-state index < -0.39 is 12.2 Å². The number of phenols is 1. The van der Waals surface area contributed by atoms with Crippen LogP contribution in [-0.2, 0) is 4.74 Å². The lowest BCUT2D eigenvalue weighted by molar-refractivity contribution is -0.0364. The summed E-state index contributed by atoms with van der Waals surface area (Å²) in [4.78, 5) is 0. The van der Waals surface area contributed by atoms with E-state index in [9.17, 15) is 0 Å². The Bertz CT molecular complexity index is 300. The topological polar surface area (TPSA) is 110 Å². The summed E-state index contributed by atoms with van der Waals surface area (Å²) in [6, 6.07) is 7.25. The lowest BCUT2D eigenvalue weighted by atomic mass is 10.2.